The van der Waals surface area contributed by atoms with E-state index in [-0.39, 0.29) is 0 Å². The second kappa shape index (κ2) is 9.00. The quantitative estimate of drug-likeness (QED) is 0.685. The highest BCUT2D eigenvalue weighted by Gasteiger charge is 2.33. The van der Waals surface area contributed by atoms with Gasteiger partial charge in [-0.2, -0.15) is 0 Å². The van der Waals surface area contributed by atoms with E-state index in [0.29, 0.717) is 0 Å². The molecule has 2 nitrogen and oxygen atoms in total. The lowest BCUT2D eigenvalue weighted by Gasteiger charge is -2.43. The second-order valence-corrected chi connectivity index (χ2v) is 8.42. The molecule has 2 heterocycles. The van der Waals surface area contributed by atoms with Crippen LogP contribution in [0.25, 0.3) is 0 Å². The summed E-state index contributed by atoms with van der Waals surface area (Å²) < 4.78 is 0. The summed E-state index contributed by atoms with van der Waals surface area (Å²) in [5.41, 5.74) is 3.04. The van der Waals surface area contributed by atoms with Gasteiger partial charge in [-0.05, 0) is 56.2 Å². The number of hydrogen-bond acceptors (Lipinski definition) is 2. The number of piperidine rings is 1. The normalized spacial score (nSPS) is 28.8. The number of hydrogen-bond donors (Lipinski definition) is 0. The molecule has 0 N–H and O–H groups in total. The molecule has 1 saturated heterocycles. The van der Waals surface area contributed by atoms with Crippen molar-refractivity contribution in [2.45, 2.75) is 46.6 Å². The molecule has 0 unspecified atom stereocenters. The van der Waals surface area contributed by atoms with E-state index in [0.717, 1.165) is 24.3 Å². The summed E-state index contributed by atoms with van der Waals surface area (Å²) in [4.78, 5) is 5.36. The van der Waals surface area contributed by atoms with Gasteiger partial charge >= 0.3 is 0 Å². The zero-order chi connectivity index (χ0) is 17.6. The Morgan fingerprint density at radius 1 is 1.08 bits per heavy atom. The Kier molecular flexibility index (Phi) is 6.72. The van der Waals surface area contributed by atoms with Crippen molar-refractivity contribution in [1.29, 1.82) is 0 Å². The van der Waals surface area contributed by atoms with Gasteiger partial charge in [0.15, 0.2) is 0 Å². The molecule has 1 aromatic rings. The van der Waals surface area contributed by atoms with E-state index < -0.39 is 0 Å². The van der Waals surface area contributed by atoms with Crippen LogP contribution in [0.1, 0.15) is 45.6 Å². The summed E-state index contributed by atoms with van der Waals surface area (Å²) in [6.07, 6.45) is 6.60. The van der Waals surface area contributed by atoms with Gasteiger partial charge < -0.3 is 0 Å². The zero-order valence-corrected chi connectivity index (χ0v) is 16.5. The second-order valence-electron chi connectivity index (χ2n) is 8.42. The number of nitrogens with zero attached hydrogens (tertiary/aromatic N) is 2. The van der Waals surface area contributed by atoms with E-state index in [9.17, 15) is 0 Å². The monoisotopic (exact) mass is 340 g/mol. The fraction of sp³-hybridized carbons (Fsp3) is 0.652. The third-order valence-corrected chi connectivity index (χ3v) is 6.12. The largest absolute Gasteiger partial charge is 0.299 e. The third-order valence-electron chi connectivity index (χ3n) is 6.12. The smallest absolute Gasteiger partial charge is 0.0233 e. The lowest BCUT2D eigenvalue weighted by Crippen LogP contribution is -2.45. The summed E-state index contributed by atoms with van der Waals surface area (Å²) in [5, 5.41) is 0. The van der Waals surface area contributed by atoms with E-state index >= 15 is 0 Å². The Morgan fingerprint density at radius 2 is 1.88 bits per heavy atom. The number of likely N-dealkylation sites (tertiary alicyclic amines) is 1. The lowest BCUT2D eigenvalue weighted by atomic mass is 9.75. The molecule has 2 heteroatoms. The van der Waals surface area contributed by atoms with Crippen LogP contribution in [0.2, 0.25) is 0 Å². The first-order valence-corrected chi connectivity index (χ1v) is 10.3. The number of benzene rings is 1. The first-order valence-electron chi connectivity index (χ1n) is 10.3. The maximum Gasteiger partial charge on any atom is 0.0233 e. The highest BCUT2D eigenvalue weighted by Crippen LogP contribution is 2.34. The van der Waals surface area contributed by atoms with Crippen molar-refractivity contribution in [3.05, 3.63) is 47.5 Å². The van der Waals surface area contributed by atoms with E-state index in [1.165, 1.54) is 57.5 Å². The SMILES string of the molecule is CCCCN1CC(C)=C[C@H]([C@@H]2CCN(Cc3ccccc3)C[C@H]2C)C1. The van der Waals surface area contributed by atoms with Crippen molar-refractivity contribution < 1.29 is 0 Å². The summed E-state index contributed by atoms with van der Waals surface area (Å²) in [6, 6.07) is 10.9. The van der Waals surface area contributed by atoms with E-state index in [2.05, 4.69) is 67.0 Å². The molecule has 138 valence electrons. The molecule has 1 fully saturated rings. The van der Waals surface area contributed by atoms with Crippen molar-refractivity contribution in [1.82, 2.24) is 9.80 Å². The Bertz CT molecular complexity index is 550. The maximum absolute atomic E-state index is 2.70. The van der Waals surface area contributed by atoms with Gasteiger partial charge in [-0.25, -0.2) is 0 Å². The molecule has 0 amide bonds. The summed E-state index contributed by atoms with van der Waals surface area (Å²) in [5.74, 6) is 2.41. The molecule has 0 radical (unpaired) electrons. The molecule has 3 rings (SSSR count). The minimum absolute atomic E-state index is 0.763. The molecule has 25 heavy (non-hydrogen) atoms. The van der Waals surface area contributed by atoms with E-state index in [1.54, 1.807) is 5.57 Å². The van der Waals surface area contributed by atoms with E-state index in [1.807, 2.05) is 0 Å². The topological polar surface area (TPSA) is 6.48 Å². The fourth-order valence-corrected chi connectivity index (χ4v) is 4.87. The predicted molar refractivity (Wildman–Crippen MR) is 108 cm³/mol. The molecule has 2 aliphatic heterocycles. The first kappa shape index (κ1) is 18.7. The van der Waals surface area contributed by atoms with Crippen LogP contribution in [0.3, 0.4) is 0 Å². The first-order chi connectivity index (χ1) is 12.2. The third kappa shape index (κ3) is 5.18. The van der Waals surface area contributed by atoms with Gasteiger partial charge in [0.05, 0.1) is 0 Å². The average Bonchev–Trinajstić information content (AvgIpc) is 2.60. The van der Waals surface area contributed by atoms with Crippen LogP contribution in [0.4, 0.5) is 0 Å². The van der Waals surface area contributed by atoms with Crippen LogP contribution in [-0.4, -0.2) is 42.5 Å². The molecule has 0 aliphatic carbocycles. The highest BCUT2D eigenvalue weighted by molar-refractivity contribution is 5.15. The summed E-state index contributed by atoms with van der Waals surface area (Å²) in [6.45, 7) is 14.5. The molecule has 0 bridgehead atoms. The van der Waals surface area contributed by atoms with Gasteiger partial charge in [-0.1, -0.05) is 62.2 Å². The van der Waals surface area contributed by atoms with Crippen molar-refractivity contribution in [2.75, 3.05) is 32.7 Å². The van der Waals surface area contributed by atoms with Gasteiger partial charge in [-0.15, -0.1) is 0 Å². The Hall–Kier alpha value is -1.12. The molecule has 0 saturated carbocycles. The zero-order valence-electron chi connectivity index (χ0n) is 16.5. The van der Waals surface area contributed by atoms with Crippen molar-refractivity contribution in [3.63, 3.8) is 0 Å². The van der Waals surface area contributed by atoms with Crippen molar-refractivity contribution in [3.8, 4) is 0 Å². The highest BCUT2D eigenvalue weighted by atomic mass is 15.1. The number of unbranched alkanes of at least 4 members (excludes halogenated alkanes) is 1. The molecule has 0 spiro atoms. The van der Waals surface area contributed by atoms with Crippen LogP contribution in [0, 0.1) is 17.8 Å². The molecule has 3 atom stereocenters. The molecular formula is C23H36N2. The number of rotatable bonds is 6. The van der Waals surface area contributed by atoms with Gasteiger partial charge in [0, 0.05) is 26.2 Å². The van der Waals surface area contributed by atoms with Gasteiger partial charge in [0.25, 0.3) is 0 Å². The molecular weight excluding hydrogens is 304 g/mol. The van der Waals surface area contributed by atoms with Crippen molar-refractivity contribution >= 4 is 0 Å². The minimum atomic E-state index is 0.763. The summed E-state index contributed by atoms with van der Waals surface area (Å²) >= 11 is 0. The summed E-state index contributed by atoms with van der Waals surface area (Å²) in [7, 11) is 0. The fourth-order valence-electron chi connectivity index (χ4n) is 4.87. The van der Waals surface area contributed by atoms with Crippen LogP contribution in [0.5, 0.6) is 0 Å². The van der Waals surface area contributed by atoms with Crippen LogP contribution in [-0.2, 0) is 6.54 Å². The van der Waals surface area contributed by atoms with Gasteiger partial charge in [0.1, 0.15) is 0 Å². The maximum atomic E-state index is 2.70. The van der Waals surface area contributed by atoms with Gasteiger partial charge in [0.2, 0.25) is 0 Å². The van der Waals surface area contributed by atoms with Crippen LogP contribution in [0.15, 0.2) is 42.0 Å². The Morgan fingerprint density at radius 3 is 2.60 bits per heavy atom. The average molecular weight is 341 g/mol. The Labute approximate surface area is 154 Å². The Balaban J connectivity index is 1.56. The lowest BCUT2D eigenvalue weighted by molar-refractivity contribution is 0.0812. The molecule has 1 aromatic carbocycles. The molecule has 2 aliphatic rings. The predicted octanol–water partition coefficient (Wildman–Crippen LogP) is 4.82. The molecule has 0 aromatic heterocycles. The van der Waals surface area contributed by atoms with Crippen LogP contribution >= 0.6 is 0 Å². The standard InChI is InChI=1S/C23H36N2/c1-4-5-12-24-15-19(2)14-22(18-24)23-11-13-25(16-20(23)3)17-21-9-7-6-8-10-21/h6-10,14,20,22-23H,4-5,11-13,15-18H2,1-3H3/t20-,22+,23-/m1/s1. The van der Waals surface area contributed by atoms with Gasteiger partial charge in [-0.3, -0.25) is 9.80 Å². The van der Waals surface area contributed by atoms with Crippen LogP contribution < -0.4 is 0 Å². The minimum Gasteiger partial charge on any atom is -0.299 e. The van der Waals surface area contributed by atoms with Crippen molar-refractivity contribution in [2.24, 2.45) is 17.8 Å². The van der Waals surface area contributed by atoms with E-state index in [4.69, 9.17) is 0 Å².